The number of rotatable bonds is 8. The van der Waals surface area contributed by atoms with Gasteiger partial charge in [-0.3, -0.25) is 9.59 Å². The van der Waals surface area contributed by atoms with Crippen molar-refractivity contribution >= 4 is 11.8 Å². The minimum Gasteiger partial charge on any atom is -0.355 e. The Labute approximate surface area is 200 Å². The van der Waals surface area contributed by atoms with Crippen LogP contribution in [0.15, 0.2) is 30.3 Å². The topological polar surface area (TPSA) is 52.7 Å². The fraction of sp³-hybridized carbons (Fsp3) is 0.714. The summed E-state index contributed by atoms with van der Waals surface area (Å²) >= 11 is 0. The molecule has 0 unspecified atom stereocenters. The highest BCUT2D eigenvalue weighted by atomic mass is 16.2. The summed E-state index contributed by atoms with van der Waals surface area (Å²) in [7, 11) is 0. The predicted molar refractivity (Wildman–Crippen MR) is 133 cm³/mol. The van der Waals surface area contributed by atoms with Gasteiger partial charge in [0.25, 0.3) is 0 Å². The van der Waals surface area contributed by atoms with Crippen LogP contribution >= 0.6 is 0 Å². The lowest BCUT2D eigenvalue weighted by atomic mass is 9.87. The molecule has 3 fully saturated rings. The number of hydrogen-bond donors (Lipinski definition) is 1. The number of benzene rings is 1. The first kappa shape index (κ1) is 24.3. The summed E-state index contributed by atoms with van der Waals surface area (Å²) in [5.41, 5.74) is 1.45. The van der Waals surface area contributed by atoms with Crippen LogP contribution in [0.1, 0.15) is 69.8 Å². The van der Waals surface area contributed by atoms with E-state index in [0.717, 1.165) is 70.9 Å². The maximum Gasteiger partial charge on any atom is 0.225 e. The first-order valence-corrected chi connectivity index (χ1v) is 13.5. The third-order valence-electron chi connectivity index (χ3n) is 8.18. The van der Waals surface area contributed by atoms with E-state index in [-0.39, 0.29) is 11.8 Å². The van der Waals surface area contributed by atoms with E-state index in [4.69, 9.17) is 0 Å². The van der Waals surface area contributed by atoms with Crippen molar-refractivity contribution in [1.82, 2.24) is 15.1 Å². The second kappa shape index (κ2) is 12.5. The third kappa shape index (κ3) is 7.56. The molecule has 4 rings (SSSR count). The van der Waals surface area contributed by atoms with Crippen LogP contribution in [0.3, 0.4) is 0 Å². The van der Waals surface area contributed by atoms with Crippen molar-refractivity contribution in [2.45, 2.75) is 70.6 Å². The molecule has 1 aromatic rings. The van der Waals surface area contributed by atoms with Gasteiger partial charge in [-0.05, 0) is 75.4 Å². The molecule has 2 amide bonds. The lowest BCUT2D eigenvalue weighted by Crippen LogP contribution is -2.43. The van der Waals surface area contributed by atoms with E-state index in [2.05, 4.69) is 45.4 Å². The normalized spacial score (nSPS) is 21.8. The molecule has 1 saturated carbocycles. The number of nitrogens with zero attached hydrogens (tertiary/aromatic N) is 2. The fourth-order valence-electron chi connectivity index (χ4n) is 6.01. The molecule has 0 atom stereocenters. The molecule has 0 spiro atoms. The molecule has 0 aromatic heterocycles. The summed E-state index contributed by atoms with van der Waals surface area (Å²) in [5, 5.41) is 3.15. The lowest BCUT2D eigenvalue weighted by Gasteiger charge is -2.35. The van der Waals surface area contributed by atoms with Crippen LogP contribution in [0.25, 0.3) is 0 Å². The average molecular weight is 454 g/mol. The maximum atomic E-state index is 12.7. The van der Waals surface area contributed by atoms with Crippen LogP contribution in [0, 0.1) is 17.8 Å². The molecule has 5 heteroatoms. The summed E-state index contributed by atoms with van der Waals surface area (Å²) in [5.74, 6) is 2.04. The molecule has 2 saturated heterocycles. The predicted octanol–water partition coefficient (Wildman–Crippen LogP) is 4.27. The number of likely N-dealkylation sites (tertiary alicyclic amines) is 2. The summed E-state index contributed by atoms with van der Waals surface area (Å²) in [6.45, 7) is 5.66. The quantitative estimate of drug-likeness (QED) is 0.640. The van der Waals surface area contributed by atoms with Gasteiger partial charge in [-0.1, -0.05) is 49.6 Å². The zero-order chi connectivity index (χ0) is 22.9. The number of carbonyl (C=O) groups excluding carboxylic acids is 2. The van der Waals surface area contributed by atoms with Crippen LogP contribution in [0.5, 0.6) is 0 Å². The van der Waals surface area contributed by atoms with Crippen molar-refractivity contribution in [3.8, 4) is 0 Å². The molecule has 2 heterocycles. The third-order valence-corrected chi connectivity index (χ3v) is 8.18. The van der Waals surface area contributed by atoms with Crippen molar-refractivity contribution in [2.75, 3.05) is 39.3 Å². The Morgan fingerprint density at radius 3 is 2.18 bits per heavy atom. The minimum atomic E-state index is 0.186. The van der Waals surface area contributed by atoms with E-state index >= 15 is 0 Å². The minimum absolute atomic E-state index is 0.186. The van der Waals surface area contributed by atoms with Gasteiger partial charge in [-0.15, -0.1) is 0 Å². The maximum absolute atomic E-state index is 12.7. The molecule has 0 radical (unpaired) electrons. The molecular weight excluding hydrogens is 410 g/mol. The van der Waals surface area contributed by atoms with Gasteiger partial charge in [0.2, 0.25) is 11.8 Å². The molecule has 1 N–H and O–H groups in total. The first-order valence-electron chi connectivity index (χ1n) is 13.5. The summed E-state index contributed by atoms with van der Waals surface area (Å²) in [6.07, 6.45) is 12.1. The Balaban J connectivity index is 1.06. The standard InChI is InChI=1S/C28H43N3O2/c32-27(22-25-13-18-31(19-14-25)28(33)26-9-5-2-6-10-26)29-15-20-30-16-11-24(12-17-30)21-23-7-3-1-4-8-23/h1,3-4,7-8,24-26H,2,5-6,9-22H2,(H,29,32). The highest BCUT2D eigenvalue weighted by molar-refractivity contribution is 5.79. The van der Waals surface area contributed by atoms with Gasteiger partial charge in [-0.25, -0.2) is 0 Å². The lowest BCUT2D eigenvalue weighted by molar-refractivity contribution is -0.138. The monoisotopic (exact) mass is 453 g/mol. The van der Waals surface area contributed by atoms with Crippen molar-refractivity contribution < 1.29 is 9.59 Å². The molecule has 2 aliphatic heterocycles. The van der Waals surface area contributed by atoms with E-state index in [1.807, 2.05) is 0 Å². The smallest absolute Gasteiger partial charge is 0.225 e. The summed E-state index contributed by atoms with van der Waals surface area (Å²) < 4.78 is 0. The van der Waals surface area contributed by atoms with Gasteiger partial charge in [0, 0.05) is 38.5 Å². The summed E-state index contributed by atoms with van der Waals surface area (Å²) in [6, 6.07) is 10.8. The van der Waals surface area contributed by atoms with Crippen molar-refractivity contribution in [1.29, 1.82) is 0 Å². The second-order valence-electron chi connectivity index (χ2n) is 10.6. The van der Waals surface area contributed by atoms with Gasteiger partial charge in [0.15, 0.2) is 0 Å². The van der Waals surface area contributed by atoms with E-state index in [9.17, 15) is 9.59 Å². The van der Waals surface area contributed by atoms with Crippen LogP contribution in [-0.2, 0) is 16.0 Å². The van der Waals surface area contributed by atoms with Crippen LogP contribution in [0.2, 0.25) is 0 Å². The van der Waals surface area contributed by atoms with Crippen molar-refractivity contribution in [3.63, 3.8) is 0 Å². The Kier molecular flexibility index (Phi) is 9.22. The molecule has 33 heavy (non-hydrogen) atoms. The highest BCUT2D eigenvalue weighted by Crippen LogP contribution is 2.28. The Bertz CT molecular complexity index is 731. The van der Waals surface area contributed by atoms with Crippen molar-refractivity contribution in [2.24, 2.45) is 17.8 Å². The second-order valence-corrected chi connectivity index (χ2v) is 10.6. The molecule has 0 bridgehead atoms. The number of carbonyl (C=O) groups is 2. The Morgan fingerprint density at radius 1 is 0.818 bits per heavy atom. The van der Waals surface area contributed by atoms with E-state index in [1.165, 1.54) is 44.1 Å². The average Bonchev–Trinajstić information content (AvgIpc) is 2.86. The SMILES string of the molecule is O=C(CC1CCN(C(=O)C2CCCCC2)CC1)NCCN1CCC(Cc2ccccc2)CC1. The Hall–Kier alpha value is -1.88. The van der Waals surface area contributed by atoms with E-state index in [0.29, 0.717) is 18.2 Å². The Morgan fingerprint density at radius 2 is 1.48 bits per heavy atom. The molecule has 3 aliphatic rings. The zero-order valence-electron chi connectivity index (χ0n) is 20.4. The molecule has 5 nitrogen and oxygen atoms in total. The number of amides is 2. The molecule has 1 aliphatic carbocycles. The molecule has 1 aromatic carbocycles. The van der Waals surface area contributed by atoms with Gasteiger partial charge in [0.05, 0.1) is 0 Å². The number of piperidine rings is 2. The van der Waals surface area contributed by atoms with Gasteiger partial charge < -0.3 is 15.1 Å². The first-order chi connectivity index (χ1) is 16.2. The van der Waals surface area contributed by atoms with Crippen LogP contribution in [0.4, 0.5) is 0 Å². The van der Waals surface area contributed by atoms with Crippen LogP contribution < -0.4 is 5.32 Å². The number of hydrogen-bond acceptors (Lipinski definition) is 3. The molecule has 182 valence electrons. The van der Waals surface area contributed by atoms with Gasteiger partial charge in [-0.2, -0.15) is 0 Å². The molecular formula is C28H43N3O2. The van der Waals surface area contributed by atoms with E-state index in [1.54, 1.807) is 0 Å². The highest BCUT2D eigenvalue weighted by Gasteiger charge is 2.29. The largest absolute Gasteiger partial charge is 0.355 e. The van der Waals surface area contributed by atoms with Gasteiger partial charge >= 0.3 is 0 Å². The zero-order valence-corrected chi connectivity index (χ0v) is 20.4. The fourth-order valence-corrected chi connectivity index (χ4v) is 6.01. The summed E-state index contributed by atoms with van der Waals surface area (Å²) in [4.78, 5) is 29.8. The van der Waals surface area contributed by atoms with Gasteiger partial charge in [0.1, 0.15) is 0 Å². The van der Waals surface area contributed by atoms with E-state index < -0.39 is 0 Å². The van der Waals surface area contributed by atoms with Crippen LogP contribution in [-0.4, -0.2) is 60.9 Å². The number of nitrogens with one attached hydrogen (secondary N) is 1. The van der Waals surface area contributed by atoms with Crippen molar-refractivity contribution in [3.05, 3.63) is 35.9 Å².